The van der Waals surface area contributed by atoms with E-state index in [0.29, 0.717) is 6.04 Å². The Labute approximate surface area is 148 Å². The first-order valence-electron chi connectivity index (χ1n) is 9.28. The standard InChI is InChI=1S/C21H24N4/c1-25-18-5-6-19(25)12-17(11-18)24-16-4-7-20(23-13-16)15-3-2-14-8-9-22-21(14)10-15/h2-4,7-10,13,17-19,22,24H,5-6,11-12H2,1H3/t17-,18+,19-. The van der Waals surface area contributed by atoms with E-state index in [2.05, 4.69) is 63.6 Å². The van der Waals surface area contributed by atoms with Crippen LogP contribution in [0.5, 0.6) is 0 Å². The third-order valence-corrected chi connectivity index (χ3v) is 6.08. The van der Waals surface area contributed by atoms with Crippen LogP contribution in [-0.2, 0) is 0 Å². The van der Waals surface area contributed by atoms with Crippen molar-refractivity contribution < 1.29 is 0 Å². The summed E-state index contributed by atoms with van der Waals surface area (Å²) in [6.45, 7) is 0. The number of benzene rings is 1. The van der Waals surface area contributed by atoms with E-state index in [1.807, 2.05) is 12.4 Å². The smallest absolute Gasteiger partial charge is 0.0704 e. The van der Waals surface area contributed by atoms with Crippen LogP contribution in [0.25, 0.3) is 22.2 Å². The molecule has 4 heterocycles. The van der Waals surface area contributed by atoms with Crippen molar-refractivity contribution in [2.24, 2.45) is 0 Å². The maximum Gasteiger partial charge on any atom is 0.0704 e. The van der Waals surface area contributed by atoms with Gasteiger partial charge in [-0.3, -0.25) is 4.98 Å². The number of pyridine rings is 1. The Morgan fingerprint density at radius 2 is 1.92 bits per heavy atom. The van der Waals surface area contributed by atoms with Gasteiger partial charge in [0.15, 0.2) is 0 Å². The monoisotopic (exact) mass is 332 g/mol. The minimum Gasteiger partial charge on any atom is -0.381 e. The lowest BCUT2D eigenvalue weighted by Gasteiger charge is -2.37. The fourth-order valence-electron chi connectivity index (χ4n) is 4.62. The molecule has 0 radical (unpaired) electrons. The lowest BCUT2D eigenvalue weighted by Crippen LogP contribution is -2.44. The van der Waals surface area contributed by atoms with E-state index in [-0.39, 0.29) is 0 Å². The van der Waals surface area contributed by atoms with Crippen LogP contribution in [0.4, 0.5) is 5.69 Å². The van der Waals surface area contributed by atoms with Crippen molar-refractivity contribution in [1.82, 2.24) is 14.9 Å². The summed E-state index contributed by atoms with van der Waals surface area (Å²) >= 11 is 0. The Kier molecular flexibility index (Phi) is 3.52. The quantitative estimate of drug-likeness (QED) is 0.753. The fraction of sp³-hybridized carbons (Fsp3) is 0.381. The van der Waals surface area contributed by atoms with Crippen molar-refractivity contribution in [3.8, 4) is 11.3 Å². The highest BCUT2D eigenvalue weighted by Gasteiger charge is 2.38. The Bertz CT molecular complexity index is 868. The van der Waals surface area contributed by atoms with Crippen LogP contribution in [0.15, 0.2) is 48.8 Å². The molecule has 2 aliphatic rings. The molecule has 0 saturated carbocycles. The molecule has 0 amide bonds. The molecule has 2 aromatic heterocycles. The summed E-state index contributed by atoms with van der Waals surface area (Å²) in [6.07, 6.45) is 9.17. The minimum atomic E-state index is 0.580. The van der Waals surface area contributed by atoms with Crippen LogP contribution in [0.2, 0.25) is 0 Å². The number of rotatable bonds is 3. The molecule has 3 atom stereocenters. The first kappa shape index (κ1) is 15.0. The second kappa shape index (κ2) is 5.88. The van der Waals surface area contributed by atoms with Crippen LogP contribution in [-0.4, -0.2) is 40.0 Å². The summed E-state index contributed by atoms with van der Waals surface area (Å²) in [4.78, 5) is 10.5. The van der Waals surface area contributed by atoms with Crippen LogP contribution in [0.3, 0.4) is 0 Å². The molecule has 2 N–H and O–H groups in total. The topological polar surface area (TPSA) is 44.0 Å². The van der Waals surface area contributed by atoms with Gasteiger partial charge < -0.3 is 15.2 Å². The number of H-pyrrole nitrogens is 1. The van der Waals surface area contributed by atoms with Gasteiger partial charge in [-0.15, -0.1) is 0 Å². The Balaban J connectivity index is 1.31. The molecule has 2 saturated heterocycles. The molecule has 0 unspecified atom stereocenters. The molecule has 2 aliphatic heterocycles. The highest BCUT2D eigenvalue weighted by molar-refractivity contribution is 5.84. The van der Waals surface area contributed by atoms with Gasteiger partial charge >= 0.3 is 0 Å². The summed E-state index contributed by atoms with van der Waals surface area (Å²) < 4.78 is 0. The SMILES string of the molecule is CN1[C@@H]2CC[C@H]1C[C@@H](Nc1ccc(-c3ccc4cc[nH]c4c3)nc1)C2. The average molecular weight is 332 g/mol. The molecule has 5 rings (SSSR count). The average Bonchev–Trinajstić information content (AvgIpc) is 3.16. The number of hydrogen-bond acceptors (Lipinski definition) is 3. The van der Waals surface area contributed by atoms with Gasteiger partial charge in [0.25, 0.3) is 0 Å². The summed E-state index contributed by atoms with van der Waals surface area (Å²) in [5.74, 6) is 0. The van der Waals surface area contributed by atoms with Crippen molar-refractivity contribution in [3.63, 3.8) is 0 Å². The van der Waals surface area contributed by atoms with E-state index < -0.39 is 0 Å². The highest BCUT2D eigenvalue weighted by Crippen LogP contribution is 2.35. The van der Waals surface area contributed by atoms with E-state index in [1.165, 1.54) is 31.1 Å². The number of piperidine rings is 1. The number of aromatic nitrogens is 2. The molecule has 2 fully saturated rings. The van der Waals surface area contributed by atoms with E-state index in [1.54, 1.807) is 0 Å². The third kappa shape index (κ3) is 2.71. The third-order valence-electron chi connectivity index (χ3n) is 6.08. The summed E-state index contributed by atoms with van der Waals surface area (Å²) in [6, 6.07) is 14.9. The van der Waals surface area contributed by atoms with Crippen LogP contribution < -0.4 is 5.32 Å². The molecular weight excluding hydrogens is 308 g/mol. The number of nitrogens with zero attached hydrogens (tertiary/aromatic N) is 2. The molecule has 3 aromatic rings. The lowest BCUT2D eigenvalue weighted by atomic mass is 9.98. The highest BCUT2D eigenvalue weighted by atomic mass is 15.2. The zero-order valence-corrected chi connectivity index (χ0v) is 14.6. The van der Waals surface area contributed by atoms with Crippen molar-refractivity contribution in [2.45, 2.75) is 43.8 Å². The van der Waals surface area contributed by atoms with E-state index in [0.717, 1.165) is 34.5 Å². The van der Waals surface area contributed by atoms with Gasteiger partial charge in [-0.1, -0.05) is 12.1 Å². The number of nitrogens with one attached hydrogen (secondary N) is 2. The second-order valence-electron chi connectivity index (χ2n) is 7.57. The molecule has 0 aliphatic carbocycles. The maximum absolute atomic E-state index is 4.69. The molecular formula is C21H24N4. The van der Waals surface area contributed by atoms with Crippen molar-refractivity contribution in [2.75, 3.05) is 12.4 Å². The van der Waals surface area contributed by atoms with Crippen LogP contribution >= 0.6 is 0 Å². The lowest BCUT2D eigenvalue weighted by molar-refractivity contribution is 0.169. The Morgan fingerprint density at radius 1 is 1.08 bits per heavy atom. The molecule has 128 valence electrons. The first-order chi connectivity index (χ1) is 12.3. The van der Waals surface area contributed by atoms with Gasteiger partial charge in [-0.25, -0.2) is 0 Å². The molecule has 2 bridgehead atoms. The van der Waals surface area contributed by atoms with Gasteiger partial charge in [-0.2, -0.15) is 0 Å². The summed E-state index contributed by atoms with van der Waals surface area (Å²) in [7, 11) is 2.29. The predicted molar refractivity (Wildman–Crippen MR) is 103 cm³/mol. The summed E-state index contributed by atoms with van der Waals surface area (Å²) in [5.41, 5.74) is 4.46. The Morgan fingerprint density at radius 3 is 2.68 bits per heavy atom. The molecule has 1 aromatic carbocycles. The van der Waals surface area contributed by atoms with Crippen LogP contribution in [0.1, 0.15) is 25.7 Å². The van der Waals surface area contributed by atoms with Gasteiger partial charge in [0.05, 0.1) is 17.6 Å². The molecule has 0 spiro atoms. The minimum absolute atomic E-state index is 0.580. The number of aromatic amines is 1. The molecule has 4 nitrogen and oxygen atoms in total. The number of anilines is 1. The zero-order chi connectivity index (χ0) is 16.8. The first-order valence-corrected chi connectivity index (χ1v) is 9.28. The Hall–Kier alpha value is -2.33. The predicted octanol–water partition coefficient (Wildman–Crippen LogP) is 4.27. The van der Waals surface area contributed by atoms with Gasteiger partial charge in [-0.05, 0) is 62.4 Å². The second-order valence-corrected chi connectivity index (χ2v) is 7.57. The number of hydrogen-bond donors (Lipinski definition) is 2. The van der Waals surface area contributed by atoms with Gasteiger partial charge in [0.1, 0.15) is 0 Å². The van der Waals surface area contributed by atoms with Crippen molar-refractivity contribution in [3.05, 3.63) is 48.8 Å². The van der Waals surface area contributed by atoms with Crippen LogP contribution in [0, 0.1) is 0 Å². The molecule has 25 heavy (non-hydrogen) atoms. The number of fused-ring (bicyclic) bond motifs is 3. The summed E-state index contributed by atoms with van der Waals surface area (Å²) in [5, 5.41) is 4.95. The molecule has 4 heteroatoms. The zero-order valence-electron chi connectivity index (χ0n) is 14.6. The normalized spacial score (nSPS) is 26.2. The van der Waals surface area contributed by atoms with Crippen molar-refractivity contribution >= 4 is 16.6 Å². The van der Waals surface area contributed by atoms with Gasteiger partial charge in [0, 0.05) is 35.4 Å². The van der Waals surface area contributed by atoms with E-state index >= 15 is 0 Å². The van der Waals surface area contributed by atoms with Crippen molar-refractivity contribution in [1.29, 1.82) is 0 Å². The van der Waals surface area contributed by atoms with E-state index in [4.69, 9.17) is 0 Å². The largest absolute Gasteiger partial charge is 0.381 e. The maximum atomic E-state index is 4.69. The van der Waals surface area contributed by atoms with E-state index in [9.17, 15) is 0 Å². The van der Waals surface area contributed by atoms with Gasteiger partial charge in [0.2, 0.25) is 0 Å². The fourth-order valence-corrected chi connectivity index (χ4v) is 4.62.